The summed E-state index contributed by atoms with van der Waals surface area (Å²) in [5.74, 6) is 0.687. The summed E-state index contributed by atoms with van der Waals surface area (Å²) >= 11 is 0. The first-order valence-electron chi connectivity index (χ1n) is 8.29. The summed E-state index contributed by atoms with van der Waals surface area (Å²) in [5.41, 5.74) is 0.611. The highest BCUT2D eigenvalue weighted by atomic mass is 16.2. The second kappa shape index (κ2) is 5.82. The summed E-state index contributed by atoms with van der Waals surface area (Å²) in [5, 5.41) is 3.36. The number of nitrogens with one attached hydrogen (secondary N) is 1. The van der Waals surface area contributed by atoms with Crippen LogP contribution in [0.2, 0.25) is 0 Å². The van der Waals surface area contributed by atoms with E-state index in [-0.39, 0.29) is 5.92 Å². The lowest BCUT2D eigenvalue weighted by Gasteiger charge is -2.45. The van der Waals surface area contributed by atoms with E-state index in [1.54, 1.807) is 0 Å². The van der Waals surface area contributed by atoms with Crippen molar-refractivity contribution in [1.82, 2.24) is 10.2 Å². The maximum absolute atomic E-state index is 12.5. The maximum Gasteiger partial charge on any atom is 0.226 e. The van der Waals surface area contributed by atoms with Crippen molar-refractivity contribution in [3.63, 3.8) is 0 Å². The Hall–Kier alpha value is -0.570. The van der Waals surface area contributed by atoms with E-state index in [0.29, 0.717) is 11.3 Å². The molecular weight excluding hydrogens is 236 g/mol. The molecular formula is C16H28N2O. The van der Waals surface area contributed by atoms with Crippen molar-refractivity contribution in [2.45, 2.75) is 57.8 Å². The SMILES string of the molecule is O=C(C1CCCNC1)N1CCC2(CCCCC2)CC1. The van der Waals surface area contributed by atoms with Crippen molar-refractivity contribution in [2.75, 3.05) is 26.2 Å². The van der Waals surface area contributed by atoms with Gasteiger partial charge in [0.15, 0.2) is 0 Å². The van der Waals surface area contributed by atoms with E-state index in [1.807, 2.05) is 0 Å². The summed E-state index contributed by atoms with van der Waals surface area (Å²) in [6, 6.07) is 0. The average Bonchev–Trinajstić information content (AvgIpc) is 2.49. The Kier molecular flexibility index (Phi) is 4.11. The molecule has 1 spiro atoms. The second-order valence-corrected chi connectivity index (χ2v) is 6.93. The van der Waals surface area contributed by atoms with Crippen LogP contribution in [0, 0.1) is 11.3 Å². The van der Waals surface area contributed by atoms with E-state index in [2.05, 4.69) is 10.2 Å². The van der Waals surface area contributed by atoms with E-state index in [4.69, 9.17) is 0 Å². The van der Waals surface area contributed by atoms with Crippen LogP contribution in [0.1, 0.15) is 57.8 Å². The van der Waals surface area contributed by atoms with Crippen LogP contribution in [0.4, 0.5) is 0 Å². The number of hydrogen-bond donors (Lipinski definition) is 1. The highest BCUT2D eigenvalue weighted by molar-refractivity contribution is 5.79. The molecule has 0 bridgehead atoms. The molecule has 2 heterocycles. The van der Waals surface area contributed by atoms with E-state index < -0.39 is 0 Å². The van der Waals surface area contributed by atoms with Crippen molar-refractivity contribution in [2.24, 2.45) is 11.3 Å². The van der Waals surface area contributed by atoms with E-state index in [0.717, 1.165) is 39.0 Å². The zero-order chi connectivity index (χ0) is 13.1. The van der Waals surface area contributed by atoms with Gasteiger partial charge in [-0.1, -0.05) is 19.3 Å². The molecule has 3 rings (SSSR count). The predicted octanol–water partition coefficient (Wildman–Crippen LogP) is 2.56. The van der Waals surface area contributed by atoms with E-state index >= 15 is 0 Å². The number of carbonyl (C=O) groups is 1. The third kappa shape index (κ3) is 2.96. The highest BCUT2D eigenvalue weighted by Crippen LogP contribution is 2.44. The number of likely N-dealkylation sites (tertiary alicyclic amines) is 1. The topological polar surface area (TPSA) is 32.3 Å². The molecule has 1 N–H and O–H groups in total. The van der Waals surface area contributed by atoms with Gasteiger partial charge in [0.1, 0.15) is 0 Å². The highest BCUT2D eigenvalue weighted by Gasteiger charge is 2.37. The molecule has 0 aromatic rings. The normalized spacial score (nSPS) is 31.4. The number of hydrogen-bond acceptors (Lipinski definition) is 2. The van der Waals surface area contributed by atoms with Crippen molar-refractivity contribution < 1.29 is 4.79 Å². The van der Waals surface area contributed by atoms with Gasteiger partial charge in [0.05, 0.1) is 5.92 Å². The molecule has 2 aliphatic heterocycles. The van der Waals surface area contributed by atoms with E-state index in [1.165, 1.54) is 44.9 Å². The molecule has 3 aliphatic rings. The Morgan fingerprint density at radius 2 is 1.74 bits per heavy atom. The van der Waals surface area contributed by atoms with Gasteiger partial charge in [0.25, 0.3) is 0 Å². The lowest BCUT2D eigenvalue weighted by Crippen LogP contribution is -2.48. The molecule has 1 aliphatic carbocycles. The van der Waals surface area contributed by atoms with Gasteiger partial charge in [-0.25, -0.2) is 0 Å². The molecule has 3 heteroatoms. The minimum absolute atomic E-state index is 0.258. The van der Waals surface area contributed by atoms with Crippen molar-refractivity contribution >= 4 is 5.91 Å². The second-order valence-electron chi connectivity index (χ2n) is 6.93. The monoisotopic (exact) mass is 264 g/mol. The molecule has 2 saturated heterocycles. The lowest BCUT2D eigenvalue weighted by molar-refractivity contribution is -0.138. The molecule has 0 aromatic carbocycles. The molecule has 19 heavy (non-hydrogen) atoms. The van der Waals surface area contributed by atoms with Crippen LogP contribution in [0.5, 0.6) is 0 Å². The van der Waals surface area contributed by atoms with Crippen molar-refractivity contribution in [3.05, 3.63) is 0 Å². The zero-order valence-electron chi connectivity index (χ0n) is 12.1. The quantitative estimate of drug-likeness (QED) is 0.789. The van der Waals surface area contributed by atoms with Gasteiger partial charge in [-0.2, -0.15) is 0 Å². The molecule has 1 unspecified atom stereocenters. The van der Waals surface area contributed by atoms with Crippen LogP contribution >= 0.6 is 0 Å². The number of rotatable bonds is 1. The first-order chi connectivity index (χ1) is 9.29. The summed E-state index contributed by atoms with van der Waals surface area (Å²) in [6.45, 7) is 4.04. The average molecular weight is 264 g/mol. The third-order valence-corrected chi connectivity index (χ3v) is 5.70. The Labute approximate surface area is 117 Å². The van der Waals surface area contributed by atoms with Gasteiger partial charge in [0, 0.05) is 19.6 Å². The van der Waals surface area contributed by atoms with Gasteiger partial charge in [-0.3, -0.25) is 4.79 Å². The van der Waals surface area contributed by atoms with Gasteiger partial charge < -0.3 is 10.2 Å². The Balaban J connectivity index is 1.52. The Bertz CT molecular complexity index is 307. The summed E-state index contributed by atoms with van der Waals surface area (Å²) in [7, 11) is 0. The van der Waals surface area contributed by atoms with Gasteiger partial charge in [-0.05, 0) is 50.5 Å². The largest absolute Gasteiger partial charge is 0.342 e. The lowest BCUT2D eigenvalue weighted by atomic mass is 9.68. The first kappa shape index (κ1) is 13.4. The molecule has 3 fully saturated rings. The molecule has 0 radical (unpaired) electrons. The Morgan fingerprint density at radius 3 is 2.37 bits per heavy atom. The summed E-state index contributed by atoms with van der Waals surface area (Å²) in [4.78, 5) is 14.7. The summed E-state index contributed by atoms with van der Waals surface area (Å²) in [6.07, 6.45) is 11.9. The van der Waals surface area contributed by atoms with Gasteiger partial charge >= 0.3 is 0 Å². The molecule has 1 saturated carbocycles. The smallest absolute Gasteiger partial charge is 0.226 e. The van der Waals surface area contributed by atoms with E-state index in [9.17, 15) is 4.79 Å². The van der Waals surface area contributed by atoms with Crippen LogP contribution in [-0.2, 0) is 4.79 Å². The number of carbonyl (C=O) groups excluding carboxylic acids is 1. The number of amides is 1. The molecule has 1 amide bonds. The van der Waals surface area contributed by atoms with Crippen LogP contribution in [0.3, 0.4) is 0 Å². The molecule has 0 aromatic heterocycles. The molecule has 3 nitrogen and oxygen atoms in total. The minimum Gasteiger partial charge on any atom is -0.342 e. The molecule has 1 atom stereocenters. The molecule has 108 valence electrons. The third-order valence-electron chi connectivity index (χ3n) is 5.70. The van der Waals surface area contributed by atoms with Crippen LogP contribution in [0.25, 0.3) is 0 Å². The van der Waals surface area contributed by atoms with Gasteiger partial charge in [-0.15, -0.1) is 0 Å². The zero-order valence-corrected chi connectivity index (χ0v) is 12.1. The van der Waals surface area contributed by atoms with Gasteiger partial charge in [0.2, 0.25) is 5.91 Å². The first-order valence-corrected chi connectivity index (χ1v) is 8.29. The van der Waals surface area contributed by atoms with Crippen LogP contribution in [0.15, 0.2) is 0 Å². The fraction of sp³-hybridized carbons (Fsp3) is 0.938. The van der Waals surface area contributed by atoms with Crippen molar-refractivity contribution in [3.8, 4) is 0 Å². The Morgan fingerprint density at radius 1 is 1.00 bits per heavy atom. The standard InChI is InChI=1S/C16H28N2O/c19-15(14-5-4-10-17-13-14)18-11-8-16(9-12-18)6-2-1-3-7-16/h14,17H,1-13H2. The maximum atomic E-state index is 12.5. The summed E-state index contributed by atoms with van der Waals surface area (Å²) < 4.78 is 0. The number of piperidine rings is 2. The fourth-order valence-corrected chi connectivity index (χ4v) is 4.32. The predicted molar refractivity (Wildman–Crippen MR) is 76.9 cm³/mol. The van der Waals surface area contributed by atoms with Crippen LogP contribution < -0.4 is 5.32 Å². The van der Waals surface area contributed by atoms with Crippen LogP contribution in [-0.4, -0.2) is 37.0 Å². The fourth-order valence-electron chi connectivity index (χ4n) is 4.32. The number of nitrogens with zero attached hydrogens (tertiary/aromatic N) is 1. The minimum atomic E-state index is 0.258. The van der Waals surface area contributed by atoms with Crippen molar-refractivity contribution in [1.29, 1.82) is 0 Å².